The largest absolute Gasteiger partial charge is 0.493 e. The van der Waals surface area contributed by atoms with Crippen molar-refractivity contribution in [2.75, 3.05) is 20.3 Å². The number of benzene rings is 2. The summed E-state index contributed by atoms with van der Waals surface area (Å²) in [4.78, 5) is 16.1. The van der Waals surface area contributed by atoms with Crippen LogP contribution in [0.25, 0.3) is 21.9 Å². The Bertz CT molecular complexity index is 1030. The standard InChI is InChI=1S/C21H19N3O3S/c1-3-23-20(25)13-27-17-9-8-14(11-18(17)26-2)10-15(12-22)21-24-16-6-4-5-7-19(16)28-21/h4-11H,3,13H2,1-2H3,(H,23,25)/b15-10+. The molecule has 1 N–H and O–H groups in total. The smallest absolute Gasteiger partial charge is 0.257 e. The van der Waals surface area contributed by atoms with E-state index in [4.69, 9.17) is 9.47 Å². The number of aromatic nitrogens is 1. The summed E-state index contributed by atoms with van der Waals surface area (Å²) in [5.74, 6) is 0.750. The summed E-state index contributed by atoms with van der Waals surface area (Å²) in [7, 11) is 1.53. The van der Waals surface area contributed by atoms with Gasteiger partial charge in [-0.1, -0.05) is 18.2 Å². The average molecular weight is 393 g/mol. The van der Waals surface area contributed by atoms with Crippen LogP contribution < -0.4 is 14.8 Å². The molecule has 0 saturated heterocycles. The SMILES string of the molecule is CCNC(=O)COc1ccc(/C=C(\C#N)c2nc3ccccc3s2)cc1OC. The van der Waals surface area contributed by atoms with Gasteiger partial charge in [0.2, 0.25) is 0 Å². The third-order valence-corrected chi connectivity index (χ3v) is 4.95. The molecule has 0 aliphatic rings. The van der Waals surface area contributed by atoms with Gasteiger partial charge in [-0.3, -0.25) is 4.79 Å². The number of nitrogens with one attached hydrogen (secondary N) is 1. The summed E-state index contributed by atoms with van der Waals surface area (Å²) in [5.41, 5.74) is 2.12. The number of nitriles is 1. The molecule has 28 heavy (non-hydrogen) atoms. The molecule has 3 rings (SSSR count). The van der Waals surface area contributed by atoms with Crippen molar-refractivity contribution in [1.29, 1.82) is 5.26 Å². The summed E-state index contributed by atoms with van der Waals surface area (Å²) in [5, 5.41) is 12.9. The maximum atomic E-state index is 11.6. The van der Waals surface area contributed by atoms with Gasteiger partial charge in [0.15, 0.2) is 18.1 Å². The zero-order chi connectivity index (χ0) is 19.9. The van der Waals surface area contributed by atoms with E-state index in [1.165, 1.54) is 18.4 Å². The summed E-state index contributed by atoms with van der Waals surface area (Å²) in [6.07, 6.45) is 1.76. The third-order valence-electron chi connectivity index (χ3n) is 3.88. The van der Waals surface area contributed by atoms with Crippen LogP contribution in [0, 0.1) is 11.3 Å². The lowest BCUT2D eigenvalue weighted by Crippen LogP contribution is -2.28. The van der Waals surface area contributed by atoms with Crippen molar-refractivity contribution in [3.05, 3.63) is 53.0 Å². The van der Waals surface area contributed by atoms with E-state index < -0.39 is 0 Å². The number of likely N-dealkylation sites (N-methyl/N-ethyl adjacent to an activating group) is 1. The molecular formula is C21H19N3O3S. The van der Waals surface area contributed by atoms with Gasteiger partial charge in [0.05, 0.1) is 22.9 Å². The Labute approximate surface area is 167 Å². The van der Waals surface area contributed by atoms with Gasteiger partial charge in [0, 0.05) is 6.54 Å². The molecule has 0 radical (unpaired) electrons. The molecule has 0 bridgehead atoms. The average Bonchev–Trinajstić information content (AvgIpc) is 3.15. The van der Waals surface area contributed by atoms with E-state index >= 15 is 0 Å². The monoisotopic (exact) mass is 393 g/mol. The number of thiazole rings is 1. The molecule has 0 aliphatic carbocycles. The minimum Gasteiger partial charge on any atom is -0.493 e. The summed E-state index contributed by atoms with van der Waals surface area (Å²) < 4.78 is 11.9. The topological polar surface area (TPSA) is 84.2 Å². The van der Waals surface area contributed by atoms with E-state index in [2.05, 4.69) is 16.4 Å². The predicted octanol–water partition coefficient (Wildman–Crippen LogP) is 3.88. The van der Waals surface area contributed by atoms with Crippen LogP contribution in [-0.4, -0.2) is 31.2 Å². The number of para-hydroxylation sites is 1. The van der Waals surface area contributed by atoms with Crippen LogP contribution in [0.2, 0.25) is 0 Å². The van der Waals surface area contributed by atoms with E-state index in [-0.39, 0.29) is 12.5 Å². The molecule has 3 aromatic rings. The fourth-order valence-electron chi connectivity index (χ4n) is 2.58. The van der Waals surface area contributed by atoms with Crippen molar-refractivity contribution >= 4 is 39.1 Å². The first-order valence-corrected chi connectivity index (χ1v) is 9.51. The van der Waals surface area contributed by atoms with Crippen LogP contribution in [0.4, 0.5) is 0 Å². The maximum Gasteiger partial charge on any atom is 0.257 e. The van der Waals surface area contributed by atoms with Crippen molar-refractivity contribution in [1.82, 2.24) is 10.3 Å². The molecule has 1 heterocycles. The van der Waals surface area contributed by atoms with Gasteiger partial charge in [-0.2, -0.15) is 5.26 Å². The molecule has 0 atom stereocenters. The van der Waals surface area contributed by atoms with Crippen LogP contribution in [0.3, 0.4) is 0 Å². The Morgan fingerprint density at radius 3 is 2.82 bits per heavy atom. The summed E-state index contributed by atoms with van der Waals surface area (Å²) in [6.45, 7) is 2.30. The van der Waals surface area contributed by atoms with Gasteiger partial charge in [0.25, 0.3) is 5.91 Å². The van der Waals surface area contributed by atoms with Crippen LogP contribution in [-0.2, 0) is 4.79 Å². The van der Waals surface area contributed by atoms with Crippen molar-refractivity contribution in [2.45, 2.75) is 6.92 Å². The van der Waals surface area contributed by atoms with Crippen molar-refractivity contribution < 1.29 is 14.3 Å². The van der Waals surface area contributed by atoms with Crippen molar-refractivity contribution in [3.8, 4) is 17.6 Å². The Morgan fingerprint density at radius 1 is 1.29 bits per heavy atom. The highest BCUT2D eigenvalue weighted by Crippen LogP contribution is 2.31. The number of methoxy groups -OCH3 is 1. The minimum absolute atomic E-state index is 0.0888. The second-order valence-electron chi connectivity index (χ2n) is 5.81. The molecule has 7 heteroatoms. The van der Waals surface area contributed by atoms with Gasteiger partial charge in [-0.15, -0.1) is 11.3 Å². The van der Waals surface area contributed by atoms with Crippen molar-refractivity contribution in [3.63, 3.8) is 0 Å². The Balaban J connectivity index is 1.85. The van der Waals surface area contributed by atoms with E-state index in [1.54, 1.807) is 24.3 Å². The summed E-state index contributed by atoms with van der Waals surface area (Å²) >= 11 is 1.48. The minimum atomic E-state index is -0.198. The lowest BCUT2D eigenvalue weighted by molar-refractivity contribution is -0.123. The van der Waals surface area contributed by atoms with E-state index in [0.717, 1.165) is 15.8 Å². The molecule has 0 saturated carbocycles. The number of allylic oxidation sites excluding steroid dienone is 1. The van der Waals surface area contributed by atoms with Crippen molar-refractivity contribution in [2.24, 2.45) is 0 Å². The second-order valence-corrected chi connectivity index (χ2v) is 6.84. The normalized spacial score (nSPS) is 11.1. The number of hydrogen-bond donors (Lipinski definition) is 1. The maximum absolute atomic E-state index is 11.6. The molecule has 0 unspecified atom stereocenters. The number of rotatable bonds is 7. The van der Waals surface area contributed by atoms with Gasteiger partial charge < -0.3 is 14.8 Å². The number of hydrogen-bond acceptors (Lipinski definition) is 6. The van der Waals surface area contributed by atoms with E-state index in [1.807, 2.05) is 31.2 Å². The molecular weight excluding hydrogens is 374 g/mol. The van der Waals surface area contributed by atoms with Crippen LogP contribution in [0.5, 0.6) is 11.5 Å². The van der Waals surface area contributed by atoms with E-state index in [9.17, 15) is 10.1 Å². The molecule has 2 aromatic carbocycles. The zero-order valence-corrected chi connectivity index (χ0v) is 16.4. The Morgan fingerprint density at radius 2 is 2.11 bits per heavy atom. The zero-order valence-electron chi connectivity index (χ0n) is 15.6. The predicted molar refractivity (Wildman–Crippen MR) is 110 cm³/mol. The second kappa shape index (κ2) is 9.02. The Kier molecular flexibility index (Phi) is 6.25. The number of amides is 1. The number of fused-ring (bicyclic) bond motifs is 1. The van der Waals surface area contributed by atoms with E-state index in [0.29, 0.717) is 28.6 Å². The number of nitrogens with zero attached hydrogens (tertiary/aromatic N) is 2. The first kappa shape index (κ1) is 19.4. The molecule has 142 valence electrons. The first-order chi connectivity index (χ1) is 13.6. The number of carbonyl (C=O) groups is 1. The summed E-state index contributed by atoms with van der Waals surface area (Å²) in [6, 6.07) is 15.3. The quantitative estimate of drug-likeness (QED) is 0.616. The molecule has 1 amide bonds. The van der Waals surface area contributed by atoms with Gasteiger partial charge in [0.1, 0.15) is 11.1 Å². The van der Waals surface area contributed by atoms with Crippen LogP contribution in [0.15, 0.2) is 42.5 Å². The lowest BCUT2D eigenvalue weighted by atomic mass is 10.1. The lowest BCUT2D eigenvalue weighted by Gasteiger charge is -2.11. The van der Waals surface area contributed by atoms with Crippen LogP contribution >= 0.6 is 11.3 Å². The highest BCUT2D eigenvalue weighted by atomic mass is 32.1. The van der Waals surface area contributed by atoms with Gasteiger partial charge in [-0.05, 0) is 42.8 Å². The molecule has 0 aliphatic heterocycles. The van der Waals surface area contributed by atoms with Crippen LogP contribution in [0.1, 0.15) is 17.5 Å². The van der Waals surface area contributed by atoms with Gasteiger partial charge >= 0.3 is 0 Å². The molecule has 1 aromatic heterocycles. The number of ether oxygens (including phenoxy) is 2. The number of carbonyl (C=O) groups excluding carboxylic acids is 1. The molecule has 6 nitrogen and oxygen atoms in total. The highest BCUT2D eigenvalue weighted by molar-refractivity contribution is 7.19. The third kappa shape index (κ3) is 4.48. The molecule has 0 spiro atoms. The fraction of sp³-hybridized carbons (Fsp3) is 0.190. The Hall–Kier alpha value is -3.37. The van der Waals surface area contributed by atoms with Gasteiger partial charge in [-0.25, -0.2) is 4.98 Å². The molecule has 0 fully saturated rings. The fourth-order valence-corrected chi connectivity index (χ4v) is 3.51. The highest BCUT2D eigenvalue weighted by Gasteiger charge is 2.11. The first-order valence-electron chi connectivity index (χ1n) is 8.70.